The highest BCUT2D eigenvalue weighted by Gasteiger charge is 2.48. The number of hydrogen-bond donors (Lipinski definition) is 12. The molecular formula is C54H89N9O20P4. The first-order valence-corrected chi connectivity index (χ1v) is 40.1. The Labute approximate surface area is 501 Å². The van der Waals surface area contributed by atoms with Gasteiger partial charge in [-0.1, -0.05) is 0 Å². The lowest BCUT2D eigenvalue weighted by Gasteiger charge is -2.19. The zero-order valence-corrected chi connectivity index (χ0v) is 54.6. The highest BCUT2D eigenvalue weighted by Crippen LogP contribution is 2.43. The van der Waals surface area contributed by atoms with Gasteiger partial charge >= 0.3 is 22.8 Å². The second-order valence-electron chi connectivity index (χ2n) is 25.3. The largest absolute Gasteiger partial charge is 0.388 e. The molecule has 8 heterocycles. The molecule has 16 atom stereocenters. The third-order valence-electron chi connectivity index (χ3n) is 14.8. The lowest BCUT2D eigenvalue weighted by molar-refractivity contribution is -0.0485. The van der Waals surface area contributed by atoms with Crippen LogP contribution < -0.4 is 45.0 Å². The molecule has 29 nitrogen and oxygen atoms in total. The Morgan fingerprint density at radius 3 is 1.34 bits per heavy atom. The van der Waals surface area contributed by atoms with Crippen molar-refractivity contribution in [2.24, 2.45) is 14.1 Å². The summed E-state index contributed by atoms with van der Waals surface area (Å²) in [4.78, 5) is 102. The van der Waals surface area contributed by atoms with Crippen molar-refractivity contribution in [2.75, 3.05) is 78.0 Å². The molecule has 0 saturated carbocycles. The fraction of sp³-hybridized carbons (Fsp3) is 0.648. The number of nitrogens with one attached hydrogen (secondary N) is 4. The fourth-order valence-corrected chi connectivity index (χ4v) is 13.5. The average molecular weight is 1310 g/mol. The Balaban J connectivity index is 0.000000212. The van der Waals surface area contributed by atoms with E-state index in [4.69, 9.17) is 18.9 Å². The molecular weight excluding hydrogens is 1220 g/mol. The predicted octanol–water partition coefficient (Wildman–Crippen LogP) is -3.12. The second kappa shape index (κ2) is 29.5. The molecule has 0 radical (unpaired) electrons. The van der Waals surface area contributed by atoms with E-state index in [-0.39, 0.29) is 11.1 Å². The molecule has 0 amide bonds. The highest BCUT2D eigenvalue weighted by atomic mass is 31.2. The maximum Gasteiger partial charge on any atom is 0.347 e. The first-order chi connectivity index (χ1) is 40.0. The molecule has 4 aliphatic heterocycles. The van der Waals surface area contributed by atoms with Crippen molar-refractivity contribution in [1.29, 1.82) is 0 Å². The van der Waals surface area contributed by atoms with Gasteiger partial charge in [0.05, 0.1) is 35.5 Å². The minimum absolute atomic E-state index is 0.139. The van der Waals surface area contributed by atoms with E-state index < -0.39 is 170 Å². The molecule has 0 spiro atoms. The van der Waals surface area contributed by atoms with Crippen molar-refractivity contribution >= 4 is 52.7 Å². The summed E-state index contributed by atoms with van der Waals surface area (Å²) in [5.41, 5.74) is -4.18. The van der Waals surface area contributed by atoms with Gasteiger partial charge in [-0.3, -0.25) is 43.3 Å². The minimum Gasteiger partial charge on any atom is -0.388 e. The standard InChI is InChI=1S/3C14H23N2O5P.C12H20N3O5P/c1-16-7-8(13(19)15-14(16)20)12-11(18)10(17)9(21-12)5-6-22(2,3)4;1-16-13(19)8(7-15-14(16)20)12-11(18)10(17)9(21-12)5-6-22(2,3)4;1-8-7-16(14(20)15-12(8)19)13-11(18)10(17)9(21-13)5-6-22(2,3)4;1-21(2,3)5-4-7-9(17)10(18)11(20-7)15-12(19)14-8(16)6-13-15/h7,9-12,17-18H,2,5-6H2,1,3-4H3,(H,15,19,20);7,9-12,17-18H,2,5-6H2,1,3-4H3,(H,15,20);7,9-11,13,17-18H,2,5-6H2,1,3-4H3,(H,15,19,20);6-7,9-11,17-18H,1,4-5H2,2-3H3,(H,14,16,19)/t2*9-,10-,11-,12+;9-,10-,11-,13-;7-,9-,10-,11-/m1111/s1. The molecule has 4 fully saturated rings. The van der Waals surface area contributed by atoms with Crippen molar-refractivity contribution in [3.8, 4) is 0 Å². The number of aromatic amines is 4. The minimum atomic E-state index is -1.28. The van der Waals surface area contributed by atoms with Crippen molar-refractivity contribution in [1.82, 2.24) is 43.4 Å². The van der Waals surface area contributed by atoms with Gasteiger partial charge in [-0.05, 0) is 111 Å². The van der Waals surface area contributed by atoms with E-state index in [1.807, 2.05) is 4.98 Å². The molecule has 4 saturated heterocycles. The number of hydrogen-bond acceptors (Lipinski definition) is 21. The maximum absolute atomic E-state index is 12.1. The van der Waals surface area contributed by atoms with Gasteiger partial charge in [0, 0.05) is 38.2 Å². The molecule has 4 aromatic heterocycles. The van der Waals surface area contributed by atoms with Gasteiger partial charge in [-0.2, -0.15) is 9.78 Å². The topological polar surface area (TPSA) is 431 Å². The Bertz CT molecular complexity index is 3540. The quantitative estimate of drug-likeness (QED) is 0.0494. The molecule has 0 bridgehead atoms. The predicted molar refractivity (Wildman–Crippen MR) is 342 cm³/mol. The summed E-state index contributed by atoms with van der Waals surface area (Å²) in [7, 11) is 2.84. The molecule has 8 rings (SSSR count). The average Bonchev–Trinajstić information content (AvgIpc) is 1.88. The zero-order chi connectivity index (χ0) is 65.7. The van der Waals surface area contributed by atoms with Crippen LogP contribution in [-0.2, 0) is 33.0 Å². The summed E-state index contributed by atoms with van der Waals surface area (Å²) in [6.45, 7) is 13.1. The van der Waals surface area contributed by atoms with Gasteiger partial charge in [0.1, 0.15) is 67.2 Å². The van der Waals surface area contributed by atoms with Crippen molar-refractivity contribution in [2.45, 2.75) is 131 Å². The van der Waals surface area contributed by atoms with Crippen LogP contribution in [0.25, 0.3) is 0 Å². The molecule has 490 valence electrons. The van der Waals surface area contributed by atoms with E-state index in [0.717, 1.165) is 44.7 Å². The molecule has 87 heavy (non-hydrogen) atoms. The van der Waals surface area contributed by atoms with Gasteiger partial charge in [0.15, 0.2) is 12.5 Å². The molecule has 0 aromatic carbocycles. The van der Waals surface area contributed by atoms with E-state index in [2.05, 4.69) is 98.6 Å². The summed E-state index contributed by atoms with van der Waals surface area (Å²) in [6.07, 6.45) is 11.3. The van der Waals surface area contributed by atoms with E-state index in [1.165, 1.54) is 37.3 Å². The van der Waals surface area contributed by atoms with E-state index in [0.29, 0.717) is 31.2 Å². The molecule has 0 unspecified atom stereocenters. The third kappa shape index (κ3) is 19.7. The lowest BCUT2D eigenvalue weighted by atomic mass is 10.0. The Morgan fingerprint density at radius 2 is 0.897 bits per heavy atom. The van der Waals surface area contributed by atoms with Gasteiger partial charge in [0.2, 0.25) is 0 Å². The maximum atomic E-state index is 12.1. The first kappa shape index (κ1) is 73.1. The first-order valence-electron chi connectivity index (χ1n) is 27.8. The number of rotatable bonds is 16. The third-order valence-corrected chi connectivity index (χ3v) is 20.7. The summed E-state index contributed by atoms with van der Waals surface area (Å²) in [5, 5.41) is 84.6. The van der Waals surface area contributed by atoms with Crippen LogP contribution in [0.15, 0.2) is 63.1 Å². The van der Waals surface area contributed by atoms with Crippen molar-refractivity contribution in [3.05, 3.63) is 125 Å². The van der Waals surface area contributed by atoms with Crippen LogP contribution in [0.3, 0.4) is 0 Å². The Hall–Kier alpha value is -4.63. The van der Waals surface area contributed by atoms with Crippen molar-refractivity contribution in [3.63, 3.8) is 0 Å². The molecule has 4 aliphatic rings. The second-order valence-corrected chi connectivity index (χ2v) is 42.5. The van der Waals surface area contributed by atoms with E-state index in [9.17, 15) is 79.2 Å². The lowest BCUT2D eigenvalue weighted by Crippen LogP contribution is -2.39. The molecule has 0 aliphatic carbocycles. The Morgan fingerprint density at radius 1 is 0.494 bits per heavy atom. The smallest absolute Gasteiger partial charge is 0.347 e. The summed E-state index contributed by atoms with van der Waals surface area (Å²) in [6, 6.07) is 0. The fourth-order valence-electron chi connectivity index (χ4n) is 9.66. The Kier molecular flexibility index (Phi) is 24.8. The SMILES string of the molecule is C=P(C)(C)CC[C@H]1O[C@@H](c2c[nH]c(=O)n(C)c2=O)[C@H](O)[C@@H]1O.C=P(C)(C)CC[C@H]1O[C@@H](c2cn(C)c(=O)[nH]c2=O)[C@H](O)[C@@H]1O.C=P(C)(C)CC[C@H]1O[C@@H](n2cc(C)c(=O)[nH]c2=O)[C@H](O)[C@@H]1O.C=P(C)(C)CC[C@H]1O[C@@H](n2ncc(=O)[nH]c2=O)[C@H](O)[C@@H]1O. The van der Waals surface area contributed by atoms with Crippen LogP contribution in [0, 0.1) is 6.92 Å². The summed E-state index contributed by atoms with van der Waals surface area (Å²) >= 11 is 0. The number of aliphatic hydroxyl groups excluding tert-OH is 8. The monoisotopic (exact) mass is 1310 g/mol. The van der Waals surface area contributed by atoms with Crippen LogP contribution in [0.4, 0.5) is 0 Å². The normalized spacial score (nSPS) is 29.1. The summed E-state index contributed by atoms with van der Waals surface area (Å²) < 4.78 is 26.7. The number of H-pyrrole nitrogens is 4. The van der Waals surface area contributed by atoms with Gasteiger partial charge < -0.3 is 69.4 Å². The molecule has 12 N–H and O–H groups in total. The molecule has 33 heteroatoms. The van der Waals surface area contributed by atoms with Gasteiger partial charge in [-0.15, -0.1) is 52.7 Å². The van der Waals surface area contributed by atoms with Crippen LogP contribution in [-0.4, -0.2) is 261 Å². The number of nitrogens with zero attached hydrogens (tertiary/aromatic N) is 5. The number of aryl methyl sites for hydroxylation is 2. The van der Waals surface area contributed by atoms with Crippen LogP contribution >= 0.6 is 27.5 Å². The molecule has 4 aromatic rings. The van der Waals surface area contributed by atoms with E-state index in [1.54, 1.807) is 6.92 Å². The highest BCUT2D eigenvalue weighted by molar-refractivity contribution is 7.73. The van der Waals surface area contributed by atoms with Crippen LogP contribution in [0.5, 0.6) is 0 Å². The number of aromatic nitrogens is 9. The van der Waals surface area contributed by atoms with Crippen LogP contribution in [0.1, 0.15) is 67.0 Å². The number of aliphatic hydroxyl groups is 8. The number of ether oxygens (including phenoxy) is 4. The van der Waals surface area contributed by atoms with E-state index >= 15 is 0 Å². The van der Waals surface area contributed by atoms with Gasteiger partial charge in [0.25, 0.3) is 22.2 Å². The van der Waals surface area contributed by atoms with Crippen molar-refractivity contribution < 1.29 is 59.8 Å². The zero-order valence-electron chi connectivity index (χ0n) is 51.0. The van der Waals surface area contributed by atoms with Crippen LogP contribution in [0.2, 0.25) is 0 Å². The van der Waals surface area contributed by atoms with Gasteiger partial charge in [-0.25, -0.2) is 19.2 Å². The summed E-state index contributed by atoms with van der Waals surface area (Å²) in [5.74, 6) is 0.